The minimum Gasteiger partial charge on any atom is -0.349 e. The van der Waals surface area contributed by atoms with E-state index in [4.69, 9.17) is 0 Å². The molecule has 0 aromatic carbocycles. The molecule has 0 spiro atoms. The third-order valence-electron chi connectivity index (χ3n) is 3.98. The van der Waals surface area contributed by atoms with Crippen LogP contribution in [-0.4, -0.2) is 62.0 Å². The summed E-state index contributed by atoms with van der Waals surface area (Å²) in [5.74, 6) is 0.226. The molecule has 0 aromatic rings. The highest BCUT2D eigenvalue weighted by Crippen LogP contribution is 2.15. The van der Waals surface area contributed by atoms with Crippen LogP contribution in [0.5, 0.6) is 0 Å². The van der Waals surface area contributed by atoms with Crippen LogP contribution in [0.4, 0.5) is 0 Å². The molecule has 4 nitrogen and oxygen atoms in total. The van der Waals surface area contributed by atoms with E-state index in [9.17, 15) is 4.79 Å². The van der Waals surface area contributed by atoms with Crippen LogP contribution in [0.2, 0.25) is 0 Å². The highest BCUT2D eigenvalue weighted by Gasteiger charge is 2.16. The summed E-state index contributed by atoms with van der Waals surface area (Å²) in [6.07, 6.45) is 6.94. The maximum Gasteiger partial charge on any atom is 0.222 e. The van der Waals surface area contributed by atoms with E-state index >= 15 is 0 Å². The number of piperidine rings is 1. The van der Waals surface area contributed by atoms with Gasteiger partial charge in [0.1, 0.15) is 0 Å². The molecule has 112 valence electrons. The molecule has 0 aliphatic carbocycles. The average Bonchev–Trinajstić information content (AvgIpc) is 2.39. The highest BCUT2D eigenvalue weighted by atomic mass is 16.2. The molecule has 0 aromatic heterocycles. The van der Waals surface area contributed by atoms with Crippen molar-refractivity contribution in [3.8, 4) is 0 Å². The topological polar surface area (TPSA) is 35.6 Å². The number of likely N-dealkylation sites (tertiary alicyclic amines) is 1. The normalized spacial score (nSPS) is 20.5. The molecule has 4 heteroatoms. The Morgan fingerprint density at radius 3 is 2.68 bits per heavy atom. The SMILES string of the molecule is CC1CCCCN1CCCNCCCC(=O)N(C)C. The molecule has 0 radical (unpaired) electrons. The Kier molecular flexibility index (Phi) is 8.07. The predicted molar refractivity (Wildman–Crippen MR) is 80.3 cm³/mol. The largest absolute Gasteiger partial charge is 0.349 e. The number of carbonyl (C=O) groups excluding carboxylic acids is 1. The van der Waals surface area contributed by atoms with Gasteiger partial charge in [0.25, 0.3) is 0 Å². The summed E-state index contributed by atoms with van der Waals surface area (Å²) in [6.45, 7) is 6.86. The van der Waals surface area contributed by atoms with Crippen molar-refractivity contribution < 1.29 is 4.79 Å². The molecule has 1 N–H and O–H groups in total. The molecule has 1 unspecified atom stereocenters. The van der Waals surface area contributed by atoms with Crippen molar-refractivity contribution in [1.82, 2.24) is 15.1 Å². The number of hydrogen-bond acceptors (Lipinski definition) is 3. The van der Waals surface area contributed by atoms with E-state index in [0.29, 0.717) is 6.42 Å². The molecule has 1 fully saturated rings. The van der Waals surface area contributed by atoms with Crippen LogP contribution in [0.15, 0.2) is 0 Å². The lowest BCUT2D eigenvalue weighted by Gasteiger charge is -2.33. The molecule has 0 bridgehead atoms. The van der Waals surface area contributed by atoms with Crippen LogP contribution in [0, 0.1) is 0 Å². The van der Waals surface area contributed by atoms with E-state index in [1.807, 2.05) is 14.1 Å². The van der Waals surface area contributed by atoms with Crippen molar-refractivity contribution >= 4 is 5.91 Å². The fourth-order valence-electron chi connectivity index (χ4n) is 2.61. The van der Waals surface area contributed by atoms with Gasteiger partial charge in [0.15, 0.2) is 0 Å². The van der Waals surface area contributed by atoms with Crippen LogP contribution >= 0.6 is 0 Å². The average molecular weight is 269 g/mol. The molecule has 1 aliphatic heterocycles. The van der Waals surface area contributed by atoms with E-state index in [1.165, 1.54) is 38.8 Å². The van der Waals surface area contributed by atoms with Gasteiger partial charge in [-0.25, -0.2) is 0 Å². The lowest BCUT2D eigenvalue weighted by atomic mass is 10.0. The first-order chi connectivity index (χ1) is 9.11. The molecular weight excluding hydrogens is 238 g/mol. The van der Waals surface area contributed by atoms with Gasteiger partial charge in [0, 0.05) is 26.6 Å². The van der Waals surface area contributed by atoms with Crippen molar-refractivity contribution in [3.05, 3.63) is 0 Å². The third kappa shape index (κ3) is 6.92. The first kappa shape index (κ1) is 16.4. The molecule has 1 heterocycles. The van der Waals surface area contributed by atoms with E-state index in [0.717, 1.165) is 25.6 Å². The van der Waals surface area contributed by atoms with Crippen LogP contribution in [-0.2, 0) is 4.79 Å². The number of hydrogen-bond donors (Lipinski definition) is 1. The van der Waals surface area contributed by atoms with Crippen molar-refractivity contribution in [3.63, 3.8) is 0 Å². The lowest BCUT2D eigenvalue weighted by Crippen LogP contribution is -2.38. The number of nitrogens with zero attached hydrogens (tertiary/aromatic N) is 2. The van der Waals surface area contributed by atoms with Crippen molar-refractivity contribution in [2.75, 3.05) is 40.3 Å². The van der Waals surface area contributed by atoms with Crippen molar-refractivity contribution in [2.45, 2.75) is 51.5 Å². The zero-order valence-corrected chi connectivity index (χ0v) is 13.0. The standard InChI is InChI=1S/C15H31N3O/c1-14-8-4-5-12-18(14)13-7-11-16-10-6-9-15(19)17(2)3/h14,16H,4-13H2,1-3H3. The number of amides is 1. The fraction of sp³-hybridized carbons (Fsp3) is 0.933. The van der Waals surface area contributed by atoms with Crippen molar-refractivity contribution in [2.24, 2.45) is 0 Å². The minimum absolute atomic E-state index is 0.226. The van der Waals surface area contributed by atoms with Crippen LogP contribution < -0.4 is 5.32 Å². The Balaban J connectivity index is 1.92. The summed E-state index contributed by atoms with van der Waals surface area (Å²) < 4.78 is 0. The second-order valence-electron chi connectivity index (χ2n) is 5.88. The smallest absolute Gasteiger partial charge is 0.222 e. The summed E-state index contributed by atoms with van der Waals surface area (Å²) in [5.41, 5.74) is 0. The van der Waals surface area contributed by atoms with Gasteiger partial charge in [-0.05, 0) is 58.8 Å². The number of nitrogens with one attached hydrogen (secondary N) is 1. The van der Waals surface area contributed by atoms with Crippen molar-refractivity contribution in [1.29, 1.82) is 0 Å². The van der Waals surface area contributed by atoms with Crippen LogP contribution in [0.1, 0.15) is 45.4 Å². The predicted octanol–water partition coefficient (Wildman–Crippen LogP) is 1.71. The second-order valence-corrected chi connectivity index (χ2v) is 5.88. The first-order valence-corrected chi connectivity index (χ1v) is 7.76. The summed E-state index contributed by atoms with van der Waals surface area (Å²) in [7, 11) is 3.63. The Morgan fingerprint density at radius 2 is 2.00 bits per heavy atom. The molecular formula is C15H31N3O. The molecule has 0 saturated carbocycles. The molecule has 1 aliphatic rings. The number of rotatable bonds is 8. The van der Waals surface area contributed by atoms with E-state index in [2.05, 4.69) is 17.1 Å². The van der Waals surface area contributed by atoms with E-state index < -0.39 is 0 Å². The third-order valence-corrected chi connectivity index (χ3v) is 3.98. The van der Waals surface area contributed by atoms with Gasteiger partial charge in [-0.3, -0.25) is 4.79 Å². The Bertz CT molecular complexity index is 256. The summed E-state index contributed by atoms with van der Waals surface area (Å²) in [4.78, 5) is 15.6. The maximum atomic E-state index is 11.4. The van der Waals surface area contributed by atoms with Crippen LogP contribution in [0.25, 0.3) is 0 Å². The molecule has 1 amide bonds. The van der Waals surface area contributed by atoms with Gasteiger partial charge in [0.05, 0.1) is 0 Å². The quantitative estimate of drug-likeness (QED) is 0.681. The molecule has 19 heavy (non-hydrogen) atoms. The van der Waals surface area contributed by atoms with E-state index in [-0.39, 0.29) is 5.91 Å². The van der Waals surface area contributed by atoms with Gasteiger partial charge in [-0.2, -0.15) is 0 Å². The minimum atomic E-state index is 0.226. The van der Waals surface area contributed by atoms with Gasteiger partial charge in [-0.15, -0.1) is 0 Å². The first-order valence-electron chi connectivity index (χ1n) is 7.76. The van der Waals surface area contributed by atoms with E-state index in [1.54, 1.807) is 4.90 Å². The number of carbonyl (C=O) groups is 1. The highest BCUT2D eigenvalue weighted by molar-refractivity contribution is 5.75. The monoisotopic (exact) mass is 269 g/mol. The lowest BCUT2D eigenvalue weighted by molar-refractivity contribution is -0.128. The molecule has 1 saturated heterocycles. The summed E-state index contributed by atoms with van der Waals surface area (Å²) >= 11 is 0. The fourth-order valence-corrected chi connectivity index (χ4v) is 2.61. The maximum absolute atomic E-state index is 11.4. The summed E-state index contributed by atoms with van der Waals surface area (Å²) in [5, 5.41) is 3.44. The molecule has 1 atom stereocenters. The van der Waals surface area contributed by atoms with Gasteiger partial charge in [0.2, 0.25) is 5.91 Å². The molecule has 1 rings (SSSR count). The Morgan fingerprint density at radius 1 is 1.26 bits per heavy atom. The zero-order chi connectivity index (χ0) is 14.1. The van der Waals surface area contributed by atoms with Gasteiger partial charge >= 0.3 is 0 Å². The Hall–Kier alpha value is -0.610. The van der Waals surface area contributed by atoms with Gasteiger partial charge in [-0.1, -0.05) is 6.42 Å². The second kappa shape index (κ2) is 9.32. The van der Waals surface area contributed by atoms with Gasteiger partial charge < -0.3 is 15.1 Å². The summed E-state index contributed by atoms with van der Waals surface area (Å²) in [6, 6.07) is 0.770. The zero-order valence-electron chi connectivity index (χ0n) is 13.0. The van der Waals surface area contributed by atoms with Crippen LogP contribution in [0.3, 0.4) is 0 Å². The Labute approximate surface area is 118 Å².